The van der Waals surface area contributed by atoms with Crippen LogP contribution in [0.2, 0.25) is 0 Å². The molecule has 0 bridgehead atoms. The summed E-state index contributed by atoms with van der Waals surface area (Å²) in [5.74, 6) is 1.43. The maximum atomic E-state index is 8.70. The van der Waals surface area contributed by atoms with Crippen molar-refractivity contribution in [2.45, 2.75) is 59.8 Å². The lowest BCUT2D eigenvalue weighted by molar-refractivity contribution is 0.152. The lowest BCUT2D eigenvalue weighted by atomic mass is 9.84. The largest absolute Gasteiger partial charge is 0.377 e. The Hall–Kier alpha value is -0.810. The van der Waals surface area contributed by atoms with E-state index < -0.39 is 0 Å². The van der Waals surface area contributed by atoms with Gasteiger partial charge in [-0.05, 0) is 43.4 Å². The van der Waals surface area contributed by atoms with Crippen LogP contribution in [0.1, 0.15) is 59.8 Å². The van der Waals surface area contributed by atoms with Crippen molar-refractivity contribution in [1.82, 2.24) is 0 Å². The summed E-state index contributed by atoms with van der Waals surface area (Å²) in [4.78, 5) is 0. The molecule has 2 unspecified atom stereocenters. The van der Waals surface area contributed by atoms with Gasteiger partial charge in [-0.2, -0.15) is 5.26 Å². The first-order valence-corrected chi connectivity index (χ1v) is 7.61. The number of hydrogen-bond donors (Lipinski definition) is 0. The van der Waals surface area contributed by atoms with Crippen LogP contribution in [-0.2, 0) is 4.74 Å². The van der Waals surface area contributed by atoms with E-state index in [1.165, 1.54) is 24.8 Å². The zero-order valence-corrected chi connectivity index (χ0v) is 13.0. The van der Waals surface area contributed by atoms with Crippen molar-refractivity contribution >= 4 is 0 Å². The molecule has 2 nitrogen and oxygen atoms in total. The SMILES string of the molecule is CCCCOC/C(C)=C/C(C)(C)CC1CC1CC#N. The number of unbranched alkanes of at least 4 members (excludes halogenated alkanes) is 1. The fourth-order valence-corrected chi connectivity index (χ4v) is 2.85. The van der Waals surface area contributed by atoms with Gasteiger partial charge in [0.1, 0.15) is 0 Å². The Kier molecular flexibility index (Phi) is 6.58. The van der Waals surface area contributed by atoms with E-state index in [2.05, 4.69) is 39.8 Å². The Morgan fingerprint density at radius 2 is 2.16 bits per heavy atom. The van der Waals surface area contributed by atoms with Crippen molar-refractivity contribution in [3.63, 3.8) is 0 Å². The molecule has 1 rings (SSSR count). The summed E-state index contributed by atoms with van der Waals surface area (Å²) in [5, 5.41) is 8.70. The van der Waals surface area contributed by atoms with Crippen molar-refractivity contribution in [3.05, 3.63) is 11.6 Å². The van der Waals surface area contributed by atoms with E-state index in [-0.39, 0.29) is 5.41 Å². The van der Waals surface area contributed by atoms with Crippen LogP contribution < -0.4 is 0 Å². The van der Waals surface area contributed by atoms with E-state index in [4.69, 9.17) is 10.00 Å². The van der Waals surface area contributed by atoms with E-state index in [1.54, 1.807) is 0 Å². The summed E-state index contributed by atoms with van der Waals surface area (Å²) in [5.41, 5.74) is 1.56. The zero-order valence-electron chi connectivity index (χ0n) is 13.0. The van der Waals surface area contributed by atoms with E-state index in [0.717, 1.165) is 32.0 Å². The predicted octanol–water partition coefficient (Wildman–Crippen LogP) is 4.72. The quantitative estimate of drug-likeness (QED) is 0.445. The number of allylic oxidation sites excluding steroid dienone is 1. The van der Waals surface area contributed by atoms with Gasteiger partial charge in [-0.1, -0.05) is 38.8 Å². The first kappa shape index (κ1) is 16.2. The highest BCUT2D eigenvalue weighted by Crippen LogP contribution is 2.48. The molecular formula is C17H29NO. The minimum atomic E-state index is 0.229. The molecule has 1 aliphatic carbocycles. The van der Waals surface area contributed by atoms with Gasteiger partial charge >= 0.3 is 0 Å². The molecule has 0 heterocycles. The molecule has 1 fully saturated rings. The summed E-state index contributed by atoms with van der Waals surface area (Å²) in [6.45, 7) is 10.6. The number of rotatable bonds is 9. The highest BCUT2D eigenvalue weighted by molar-refractivity contribution is 5.08. The summed E-state index contributed by atoms with van der Waals surface area (Å²) < 4.78 is 5.65. The van der Waals surface area contributed by atoms with Gasteiger partial charge in [0.25, 0.3) is 0 Å². The molecule has 0 aliphatic heterocycles. The van der Waals surface area contributed by atoms with Crippen LogP contribution >= 0.6 is 0 Å². The zero-order chi connectivity index (χ0) is 14.3. The van der Waals surface area contributed by atoms with Crippen LogP contribution in [0.5, 0.6) is 0 Å². The van der Waals surface area contributed by atoms with Crippen LogP contribution in [0.15, 0.2) is 11.6 Å². The fourth-order valence-electron chi connectivity index (χ4n) is 2.85. The molecule has 0 aromatic heterocycles. The molecule has 19 heavy (non-hydrogen) atoms. The monoisotopic (exact) mass is 263 g/mol. The molecule has 0 aromatic rings. The molecule has 0 amide bonds. The molecule has 2 heteroatoms. The third kappa shape index (κ3) is 6.78. The Morgan fingerprint density at radius 3 is 2.79 bits per heavy atom. The molecule has 1 aliphatic rings. The van der Waals surface area contributed by atoms with Crippen molar-refractivity contribution in [2.75, 3.05) is 13.2 Å². The Bertz CT molecular complexity index is 338. The second kappa shape index (κ2) is 7.70. The van der Waals surface area contributed by atoms with E-state index in [0.29, 0.717) is 5.92 Å². The Labute approximate surface area is 118 Å². The van der Waals surface area contributed by atoms with E-state index in [9.17, 15) is 0 Å². The summed E-state index contributed by atoms with van der Waals surface area (Å²) in [6.07, 6.45) is 7.89. The Balaban J connectivity index is 2.30. The van der Waals surface area contributed by atoms with Crippen LogP contribution in [0.25, 0.3) is 0 Å². The highest BCUT2D eigenvalue weighted by atomic mass is 16.5. The maximum Gasteiger partial charge on any atom is 0.0674 e. The second-order valence-corrected chi connectivity index (χ2v) is 6.71. The van der Waals surface area contributed by atoms with Gasteiger partial charge in [0.15, 0.2) is 0 Å². The van der Waals surface area contributed by atoms with Crippen molar-refractivity contribution in [2.24, 2.45) is 17.3 Å². The minimum Gasteiger partial charge on any atom is -0.377 e. The normalized spacial score (nSPS) is 23.2. The Morgan fingerprint density at radius 1 is 1.42 bits per heavy atom. The topological polar surface area (TPSA) is 33.0 Å². The first-order valence-electron chi connectivity index (χ1n) is 7.61. The molecule has 0 spiro atoms. The summed E-state index contributed by atoms with van der Waals surface area (Å²) in [6, 6.07) is 2.29. The van der Waals surface area contributed by atoms with Gasteiger partial charge in [0.2, 0.25) is 0 Å². The van der Waals surface area contributed by atoms with Gasteiger partial charge in [0.05, 0.1) is 12.7 Å². The number of hydrogen-bond acceptors (Lipinski definition) is 2. The van der Waals surface area contributed by atoms with Crippen LogP contribution in [0.4, 0.5) is 0 Å². The molecule has 0 aromatic carbocycles. The molecule has 2 atom stereocenters. The van der Waals surface area contributed by atoms with Crippen molar-refractivity contribution < 1.29 is 4.74 Å². The number of nitrogens with zero attached hydrogens (tertiary/aromatic N) is 1. The van der Waals surface area contributed by atoms with Crippen LogP contribution in [0.3, 0.4) is 0 Å². The van der Waals surface area contributed by atoms with E-state index in [1.807, 2.05) is 0 Å². The van der Waals surface area contributed by atoms with Crippen molar-refractivity contribution in [1.29, 1.82) is 5.26 Å². The fraction of sp³-hybridized carbons (Fsp3) is 0.824. The van der Waals surface area contributed by atoms with Gasteiger partial charge in [-0.3, -0.25) is 0 Å². The van der Waals surface area contributed by atoms with Gasteiger partial charge in [-0.15, -0.1) is 0 Å². The third-order valence-electron chi connectivity index (χ3n) is 3.82. The van der Waals surface area contributed by atoms with Gasteiger partial charge in [-0.25, -0.2) is 0 Å². The van der Waals surface area contributed by atoms with Gasteiger partial charge in [0, 0.05) is 13.0 Å². The number of ether oxygens (including phenoxy) is 1. The van der Waals surface area contributed by atoms with Crippen LogP contribution in [0, 0.1) is 28.6 Å². The molecule has 0 N–H and O–H groups in total. The highest BCUT2D eigenvalue weighted by Gasteiger charge is 2.39. The summed E-state index contributed by atoms with van der Waals surface area (Å²) >= 11 is 0. The molecule has 108 valence electrons. The molecular weight excluding hydrogens is 234 g/mol. The minimum absolute atomic E-state index is 0.229. The predicted molar refractivity (Wildman–Crippen MR) is 79.7 cm³/mol. The van der Waals surface area contributed by atoms with Crippen LogP contribution in [-0.4, -0.2) is 13.2 Å². The standard InChI is InChI=1S/C17H29NO/c1-5-6-9-19-13-14(2)11-17(3,4)12-16-10-15(16)7-8-18/h11,15-16H,5-7,9-10,12-13H2,1-4H3/b14-11+. The molecule has 0 saturated heterocycles. The lowest BCUT2D eigenvalue weighted by Crippen LogP contribution is -2.11. The average Bonchev–Trinajstić information content (AvgIpc) is 3.01. The smallest absolute Gasteiger partial charge is 0.0674 e. The number of nitriles is 1. The average molecular weight is 263 g/mol. The van der Waals surface area contributed by atoms with E-state index >= 15 is 0 Å². The molecule has 0 radical (unpaired) electrons. The maximum absolute atomic E-state index is 8.70. The second-order valence-electron chi connectivity index (χ2n) is 6.71. The summed E-state index contributed by atoms with van der Waals surface area (Å²) in [7, 11) is 0. The third-order valence-corrected chi connectivity index (χ3v) is 3.82. The lowest BCUT2D eigenvalue weighted by Gasteiger charge is -2.22. The first-order chi connectivity index (χ1) is 8.98. The van der Waals surface area contributed by atoms with Crippen molar-refractivity contribution in [3.8, 4) is 6.07 Å². The van der Waals surface area contributed by atoms with Gasteiger partial charge < -0.3 is 4.74 Å². The molecule has 1 saturated carbocycles.